The zero-order valence-electron chi connectivity index (χ0n) is 12.3. The van der Waals surface area contributed by atoms with Crippen LogP contribution >= 0.6 is 0 Å². The van der Waals surface area contributed by atoms with Crippen molar-refractivity contribution in [1.82, 2.24) is 10.3 Å². The van der Waals surface area contributed by atoms with Crippen molar-refractivity contribution in [2.75, 3.05) is 7.05 Å². The highest BCUT2D eigenvalue weighted by Crippen LogP contribution is 2.33. The van der Waals surface area contributed by atoms with Gasteiger partial charge in [0.1, 0.15) is 0 Å². The van der Waals surface area contributed by atoms with E-state index < -0.39 is 0 Å². The normalized spacial score (nSPS) is 18.2. The first kappa shape index (κ1) is 13.6. The number of aromatic nitrogens is 1. The van der Waals surface area contributed by atoms with Crippen molar-refractivity contribution in [3.8, 4) is 0 Å². The average Bonchev–Trinajstić information content (AvgIpc) is 2.53. The Morgan fingerprint density at radius 2 is 1.95 bits per heavy atom. The molecule has 1 unspecified atom stereocenters. The first-order chi connectivity index (χ1) is 9.88. The third kappa shape index (κ3) is 2.85. The molecule has 0 aliphatic heterocycles. The third-order valence-electron chi connectivity index (χ3n) is 4.68. The predicted molar refractivity (Wildman–Crippen MR) is 84.7 cm³/mol. The Labute approximate surface area is 121 Å². The van der Waals surface area contributed by atoms with Gasteiger partial charge in [-0.1, -0.05) is 56.4 Å². The summed E-state index contributed by atoms with van der Waals surface area (Å²) in [5.74, 6) is 0.863. The summed E-state index contributed by atoms with van der Waals surface area (Å²) in [4.78, 5) is 4.68. The Bertz CT molecular complexity index is 553. The minimum atomic E-state index is 0.379. The maximum Gasteiger partial charge on any atom is 0.0651 e. The Morgan fingerprint density at radius 3 is 2.75 bits per heavy atom. The molecule has 1 heterocycles. The quantitative estimate of drug-likeness (QED) is 0.885. The molecule has 1 saturated carbocycles. The summed E-state index contributed by atoms with van der Waals surface area (Å²) in [5.41, 5.74) is 1.22. The van der Waals surface area contributed by atoms with Gasteiger partial charge in [0.05, 0.1) is 11.7 Å². The van der Waals surface area contributed by atoms with Gasteiger partial charge in [-0.3, -0.25) is 4.98 Å². The van der Waals surface area contributed by atoms with Gasteiger partial charge in [0.2, 0.25) is 0 Å². The van der Waals surface area contributed by atoms with Gasteiger partial charge in [-0.15, -0.1) is 0 Å². The van der Waals surface area contributed by atoms with E-state index in [1.54, 1.807) is 0 Å². The van der Waals surface area contributed by atoms with E-state index in [-0.39, 0.29) is 0 Å². The minimum Gasteiger partial charge on any atom is -0.312 e. The molecule has 2 nitrogen and oxygen atoms in total. The van der Waals surface area contributed by atoms with E-state index >= 15 is 0 Å². The van der Waals surface area contributed by atoms with Gasteiger partial charge >= 0.3 is 0 Å². The van der Waals surface area contributed by atoms with Crippen LogP contribution in [0.15, 0.2) is 36.5 Å². The summed E-state index contributed by atoms with van der Waals surface area (Å²) in [6.45, 7) is 0. The molecule has 20 heavy (non-hydrogen) atoms. The van der Waals surface area contributed by atoms with Crippen molar-refractivity contribution < 1.29 is 0 Å². The standard InChI is InChI=1S/C18H24N2/c1-19-17(13-14-7-3-2-4-8-14)18-16-10-6-5-9-15(16)11-12-20-18/h5-6,9-12,14,17,19H,2-4,7-8,13H2,1H3. The highest BCUT2D eigenvalue weighted by molar-refractivity contribution is 5.84. The van der Waals surface area contributed by atoms with Crippen LogP contribution in [0.25, 0.3) is 10.8 Å². The molecule has 1 N–H and O–H groups in total. The Hall–Kier alpha value is -1.41. The molecule has 1 atom stereocenters. The van der Waals surface area contributed by atoms with Crippen molar-refractivity contribution in [3.05, 3.63) is 42.2 Å². The van der Waals surface area contributed by atoms with E-state index in [0.717, 1.165) is 5.92 Å². The highest BCUT2D eigenvalue weighted by atomic mass is 14.9. The molecule has 0 radical (unpaired) electrons. The molecule has 1 aliphatic rings. The van der Waals surface area contributed by atoms with Crippen LogP contribution in [0.5, 0.6) is 0 Å². The number of nitrogens with zero attached hydrogens (tertiary/aromatic N) is 1. The number of benzene rings is 1. The summed E-state index contributed by atoms with van der Waals surface area (Å²) < 4.78 is 0. The first-order valence-electron chi connectivity index (χ1n) is 7.89. The van der Waals surface area contributed by atoms with E-state index in [1.165, 1.54) is 55.0 Å². The Balaban J connectivity index is 1.86. The lowest BCUT2D eigenvalue weighted by molar-refractivity contribution is 0.304. The van der Waals surface area contributed by atoms with E-state index in [1.807, 2.05) is 6.20 Å². The molecule has 1 fully saturated rings. The first-order valence-corrected chi connectivity index (χ1v) is 7.89. The number of pyridine rings is 1. The fourth-order valence-electron chi connectivity index (χ4n) is 3.54. The minimum absolute atomic E-state index is 0.379. The van der Waals surface area contributed by atoms with Crippen molar-refractivity contribution in [2.45, 2.75) is 44.6 Å². The molecule has 0 spiro atoms. The van der Waals surface area contributed by atoms with Crippen LogP contribution in [0.2, 0.25) is 0 Å². The van der Waals surface area contributed by atoms with Crippen LogP contribution < -0.4 is 5.32 Å². The van der Waals surface area contributed by atoms with E-state index in [2.05, 4.69) is 47.7 Å². The maximum absolute atomic E-state index is 4.68. The van der Waals surface area contributed by atoms with Crippen LogP contribution in [0, 0.1) is 5.92 Å². The van der Waals surface area contributed by atoms with Crippen LogP contribution in [-0.2, 0) is 0 Å². The average molecular weight is 268 g/mol. The largest absolute Gasteiger partial charge is 0.312 e. The molecule has 2 heteroatoms. The third-order valence-corrected chi connectivity index (χ3v) is 4.68. The SMILES string of the molecule is CNC(CC1CCCCC1)c1nccc2ccccc12. The number of rotatable bonds is 4. The van der Waals surface area contributed by atoms with Crippen LogP contribution in [-0.4, -0.2) is 12.0 Å². The van der Waals surface area contributed by atoms with Gasteiger partial charge in [0.25, 0.3) is 0 Å². The van der Waals surface area contributed by atoms with Gasteiger partial charge < -0.3 is 5.32 Å². The highest BCUT2D eigenvalue weighted by Gasteiger charge is 2.21. The number of hydrogen-bond donors (Lipinski definition) is 1. The van der Waals surface area contributed by atoms with Crippen LogP contribution in [0.3, 0.4) is 0 Å². The molecule has 0 amide bonds. The molecule has 0 bridgehead atoms. The lowest BCUT2D eigenvalue weighted by Crippen LogP contribution is -2.22. The summed E-state index contributed by atoms with van der Waals surface area (Å²) in [6.07, 6.45) is 10.2. The molecular weight excluding hydrogens is 244 g/mol. The fraction of sp³-hybridized carbons (Fsp3) is 0.500. The molecule has 106 valence electrons. The second kappa shape index (κ2) is 6.36. The van der Waals surface area contributed by atoms with E-state index in [0.29, 0.717) is 6.04 Å². The van der Waals surface area contributed by atoms with Crippen LogP contribution in [0.1, 0.15) is 50.3 Å². The molecule has 1 aromatic carbocycles. The molecule has 0 saturated heterocycles. The summed E-state index contributed by atoms with van der Waals surface area (Å²) >= 11 is 0. The summed E-state index contributed by atoms with van der Waals surface area (Å²) in [5, 5.41) is 6.08. The summed E-state index contributed by atoms with van der Waals surface area (Å²) in [6, 6.07) is 11.1. The molecule has 1 aliphatic carbocycles. The van der Waals surface area contributed by atoms with Gasteiger partial charge in [-0.2, -0.15) is 0 Å². The monoisotopic (exact) mass is 268 g/mol. The van der Waals surface area contributed by atoms with Gasteiger partial charge in [0.15, 0.2) is 0 Å². The molecule has 3 rings (SSSR count). The Morgan fingerprint density at radius 1 is 1.15 bits per heavy atom. The maximum atomic E-state index is 4.68. The Kier molecular flexibility index (Phi) is 4.31. The topological polar surface area (TPSA) is 24.9 Å². The van der Waals surface area contributed by atoms with Gasteiger partial charge in [0, 0.05) is 11.6 Å². The van der Waals surface area contributed by atoms with Crippen molar-refractivity contribution >= 4 is 10.8 Å². The van der Waals surface area contributed by atoms with Crippen molar-refractivity contribution in [2.24, 2.45) is 5.92 Å². The number of nitrogens with one attached hydrogen (secondary N) is 1. The summed E-state index contributed by atoms with van der Waals surface area (Å²) in [7, 11) is 2.07. The fourth-order valence-corrected chi connectivity index (χ4v) is 3.54. The molecular formula is C18H24N2. The zero-order chi connectivity index (χ0) is 13.8. The van der Waals surface area contributed by atoms with E-state index in [9.17, 15) is 0 Å². The molecule has 2 aromatic rings. The zero-order valence-corrected chi connectivity index (χ0v) is 12.3. The van der Waals surface area contributed by atoms with Crippen molar-refractivity contribution in [3.63, 3.8) is 0 Å². The second-order valence-electron chi connectivity index (χ2n) is 6.00. The smallest absolute Gasteiger partial charge is 0.0651 e. The number of hydrogen-bond acceptors (Lipinski definition) is 2. The molecule has 1 aromatic heterocycles. The van der Waals surface area contributed by atoms with Crippen molar-refractivity contribution in [1.29, 1.82) is 0 Å². The van der Waals surface area contributed by atoms with Crippen LogP contribution in [0.4, 0.5) is 0 Å². The lowest BCUT2D eigenvalue weighted by Gasteiger charge is -2.26. The number of fused-ring (bicyclic) bond motifs is 1. The predicted octanol–water partition coefficient (Wildman–Crippen LogP) is 4.47. The second-order valence-corrected chi connectivity index (χ2v) is 6.00. The van der Waals surface area contributed by atoms with Gasteiger partial charge in [-0.25, -0.2) is 0 Å². The van der Waals surface area contributed by atoms with E-state index in [4.69, 9.17) is 0 Å². The lowest BCUT2D eigenvalue weighted by atomic mass is 9.83. The van der Waals surface area contributed by atoms with Gasteiger partial charge in [-0.05, 0) is 30.8 Å².